The van der Waals surface area contributed by atoms with E-state index in [1.54, 1.807) is 47.1 Å². The maximum absolute atomic E-state index is 13.0. The number of anilines is 5. The third kappa shape index (κ3) is 13.9. The number of hydrogen-bond donors (Lipinski definition) is 4. The lowest BCUT2D eigenvalue weighted by molar-refractivity contribution is -0.134. The second kappa shape index (κ2) is 24.5. The summed E-state index contributed by atoms with van der Waals surface area (Å²) in [4.78, 5) is 48.8. The van der Waals surface area contributed by atoms with E-state index in [0.717, 1.165) is 80.2 Å². The number of amides is 2. The normalized spacial score (nSPS) is 14.7. The fraction of sp³-hybridized carbons (Fsp3) is 0.373. The first-order valence-electron chi connectivity index (χ1n) is 24.7. The number of carbonyl (C=O) groups excluding carboxylic acids is 2. The number of nitrogens with zero attached hydrogens (tertiary/aromatic N) is 9. The molecule has 75 heavy (non-hydrogen) atoms. The topological polar surface area (TPSA) is 227 Å². The molecule has 2 aliphatic heterocycles. The van der Waals surface area contributed by atoms with Gasteiger partial charge in [-0.3, -0.25) is 24.1 Å². The number of piperazine rings is 2. The molecule has 0 spiro atoms. The number of hydrogen-bond acceptors (Lipinski definition) is 17. The van der Waals surface area contributed by atoms with Gasteiger partial charge in [-0.1, -0.05) is 35.3 Å². The first kappa shape index (κ1) is 53.5. The second-order valence-corrected chi connectivity index (χ2v) is 21.6. The maximum Gasteiger partial charge on any atom is 0.261 e. The Morgan fingerprint density at radius 2 is 1.53 bits per heavy atom. The van der Waals surface area contributed by atoms with Crippen molar-refractivity contribution in [3.8, 4) is 28.3 Å². The summed E-state index contributed by atoms with van der Waals surface area (Å²) in [7, 11) is -3.41. The molecular weight excluding hydrogens is 1040 g/mol. The van der Waals surface area contributed by atoms with Crippen molar-refractivity contribution in [3.05, 3.63) is 100.0 Å². The fourth-order valence-corrected chi connectivity index (χ4v) is 10.9. The molecule has 6 heterocycles. The number of carbonyl (C=O) groups is 2. The zero-order valence-corrected chi connectivity index (χ0v) is 44.8. The van der Waals surface area contributed by atoms with Crippen LogP contribution in [0.25, 0.3) is 38.2 Å². The van der Waals surface area contributed by atoms with Gasteiger partial charge in [0, 0.05) is 106 Å². The summed E-state index contributed by atoms with van der Waals surface area (Å²) in [6.45, 7) is 12.4. The van der Waals surface area contributed by atoms with Gasteiger partial charge in [-0.25, -0.2) is 27.9 Å². The van der Waals surface area contributed by atoms with Crippen molar-refractivity contribution < 1.29 is 32.2 Å². The van der Waals surface area contributed by atoms with E-state index in [2.05, 4.69) is 57.1 Å². The van der Waals surface area contributed by atoms with Crippen LogP contribution in [-0.2, 0) is 24.3 Å². The summed E-state index contributed by atoms with van der Waals surface area (Å²) in [5, 5.41) is 12.2. The van der Waals surface area contributed by atoms with Crippen LogP contribution >= 0.6 is 34.5 Å². The summed E-state index contributed by atoms with van der Waals surface area (Å²) in [6, 6.07) is 24.4. The first-order valence-corrected chi connectivity index (χ1v) is 28.1. The number of aromatic nitrogens is 5. The van der Waals surface area contributed by atoms with Crippen molar-refractivity contribution in [1.29, 1.82) is 0 Å². The predicted octanol–water partition coefficient (Wildman–Crippen LogP) is 6.59. The Kier molecular flexibility index (Phi) is 17.5. The van der Waals surface area contributed by atoms with Crippen LogP contribution in [0.5, 0.6) is 5.75 Å². The lowest BCUT2D eigenvalue weighted by Crippen LogP contribution is -2.49. The number of rotatable bonds is 22. The van der Waals surface area contributed by atoms with Gasteiger partial charge in [0.2, 0.25) is 27.8 Å². The van der Waals surface area contributed by atoms with Crippen molar-refractivity contribution in [3.63, 3.8) is 0 Å². The van der Waals surface area contributed by atoms with Crippen LogP contribution in [-0.4, -0.2) is 171 Å². The molecule has 0 unspecified atom stereocenters. The fourth-order valence-electron chi connectivity index (χ4n) is 8.91. The number of sulfonamides is 1. The van der Waals surface area contributed by atoms with Crippen molar-refractivity contribution >= 4 is 101 Å². The Morgan fingerprint density at radius 1 is 0.800 bits per heavy atom. The molecule has 24 heteroatoms. The number of thiophene rings is 1. The number of fused-ring (bicyclic) bond motifs is 2. The molecular formula is C51H59Cl2N13O7S2. The zero-order valence-electron chi connectivity index (χ0n) is 41.6. The molecule has 2 saturated heterocycles. The number of nitrogen functional groups attached to an aromatic ring is 1. The molecule has 20 nitrogen and oxygen atoms in total. The van der Waals surface area contributed by atoms with Crippen LogP contribution < -0.4 is 30.7 Å². The predicted molar refractivity (Wildman–Crippen MR) is 295 cm³/mol. The van der Waals surface area contributed by atoms with Gasteiger partial charge in [-0.2, -0.15) is 0 Å². The van der Waals surface area contributed by atoms with E-state index < -0.39 is 10.0 Å². The summed E-state index contributed by atoms with van der Waals surface area (Å²) < 4.78 is 45.7. The minimum atomic E-state index is -3.41. The minimum absolute atomic E-state index is 0.0587. The lowest BCUT2D eigenvalue weighted by atomic mass is 10.1. The number of nitrogens with two attached hydrogens (primary N) is 1. The molecule has 3 aromatic carbocycles. The average Bonchev–Trinajstić information content (AvgIpc) is 4.03. The van der Waals surface area contributed by atoms with Crippen molar-refractivity contribution in [1.82, 2.24) is 44.6 Å². The third-order valence-electron chi connectivity index (χ3n) is 12.7. The van der Waals surface area contributed by atoms with Crippen molar-refractivity contribution in [2.45, 2.75) is 13.3 Å². The highest BCUT2D eigenvalue weighted by Gasteiger charge is 2.23. The van der Waals surface area contributed by atoms with E-state index in [0.29, 0.717) is 119 Å². The molecule has 0 aliphatic carbocycles. The lowest BCUT2D eigenvalue weighted by Gasteiger charge is -2.36. The van der Waals surface area contributed by atoms with Crippen molar-refractivity contribution in [2.24, 2.45) is 0 Å². The van der Waals surface area contributed by atoms with Crippen LogP contribution in [0.15, 0.2) is 85.1 Å². The zero-order chi connectivity index (χ0) is 52.5. The van der Waals surface area contributed by atoms with Gasteiger partial charge in [0.25, 0.3) is 5.91 Å². The number of nitrogens with one attached hydrogen (secondary N) is 3. The first-order chi connectivity index (χ1) is 36.3. The molecule has 2 fully saturated rings. The average molecular weight is 1100 g/mol. The molecule has 0 radical (unpaired) electrons. The number of benzene rings is 3. The van der Waals surface area contributed by atoms with Gasteiger partial charge in [0.15, 0.2) is 0 Å². The molecule has 2 aliphatic rings. The van der Waals surface area contributed by atoms with E-state index in [-0.39, 0.29) is 17.8 Å². The highest BCUT2D eigenvalue weighted by Crippen LogP contribution is 2.40. The Morgan fingerprint density at radius 3 is 2.28 bits per heavy atom. The largest absolute Gasteiger partial charge is 0.491 e. The molecule has 0 bridgehead atoms. The van der Waals surface area contributed by atoms with Crippen LogP contribution in [0.1, 0.15) is 23.0 Å². The van der Waals surface area contributed by atoms with Crippen LogP contribution in [0.4, 0.5) is 29.0 Å². The van der Waals surface area contributed by atoms with Gasteiger partial charge in [-0.05, 0) is 73.7 Å². The van der Waals surface area contributed by atoms with Gasteiger partial charge in [0.05, 0.1) is 77.1 Å². The van der Waals surface area contributed by atoms with Crippen LogP contribution in [0.2, 0.25) is 10.0 Å². The molecule has 2 amide bonds. The summed E-state index contributed by atoms with van der Waals surface area (Å²) >= 11 is 14.5. The van der Waals surface area contributed by atoms with Crippen LogP contribution in [0.3, 0.4) is 0 Å². The van der Waals surface area contributed by atoms with Gasteiger partial charge >= 0.3 is 0 Å². The monoisotopic (exact) mass is 1100 g/mol. The van der Waals surface area contributed by atoms with Gasteiger partial charge in [0.1, 0.15) is 17.2 Å². The highest BCUT2D eigenvalue weighted by molar-refractivity contribution is 7.92. The Labute approximate surface area is 449 Å². The molecule has 9 rings (SSSR count). The molecule has 0 saturated carbocycles. The molecule has 7 aromatic rings. The van der Waals surface area contributed by atoms with E-state index in [9.17, 15) is 18.0 Å². The summed E-state index contributed by atoms with van der Waals surface area (Å²) in [5.74, 6) is 0.804. The number of halogens is 2. The van der Waals surface area contributed by atoms with E-state index in [1.165, 1.54) is 11.3 Å². The van der Waals surface area contributed by atoms with Gasteiger partial charge < -0.3 is 40.4 Å². The van der Waals surface area contributed by atoms with E-state index in [1.807, 2.05) is 42.2 Å². The molecule has 0 atom stereocenters. The van der Waals surface area contributed by atoms with Crippen LogP contribution in [0, 0.1) is 0 Å². The second-order valence-electron chi connectivity index (χ2n) is 18.0. The smallest absolute Gasteiger partial charge is 0.261 e. The third-order valence-corrected chi connectivity index (χ3v) is 15.0. The molecule has 5 N–H and O–H groups in total. The van der Waals surface area contributed by atoms with E-state index in [4.69, 9.17) is 48.2 Å². The van der Waals surface area contributed by atoms with Crippen molar-refractivity contribution in [2.75, 3.05) is 132 Å². The Bertz CT molecular complexity index is 3240. The Hall–Kier alpha value is -6.37. The highest BCUT2D eigenvalue weighted by atomic mass is 35.5. The van der Waals surface area contributed by atoms with Gasteiger partial charge in [-0.15, -0.1) is 16.4 Å². The standard InChI is InChI=1S/C51H59Cl2N13O7S2/c1-3-55-48(68)45-31-40-47(58-50(54)59-49(40)74-45)39-30-44(42(53)32-41(39)52)73-26-23-63-16-20-65(21-17-63)46(67)13-24-71-27-28-72-25-22-62-14-18-64(19-15-62)37-9-7-35(8-10-37)57-51-56-33-38-11-12-43(66(38)60-51)34-5-4-6-36(29-34)61-75(2,69)70/h4-12,29-33,61H,3,13-28H2,1-2H3,(H,55,68)(H,57,60)(H2,54,58,59). The summed E-state index contributed by atoms with van der Waals surface area (Å²) in [5.41, 5.74) is 12.0. The Balaban J connectivity index is 0.626. The minimum Gasteiger partial charge on any atom is -0.491 e. The SMILES string of the molecule is CCNC(=O)c1cc2c(-c3cc(OCCN4CCN(C(=O)CCOCCOCCN5CCN(c6ccc(Nc7ncc8ccc(-c9cccc(NS(C)(=O)=O)c9)n8n7)cc6)CC5)CC4)c(Cl)cc3Cl)nc(N)nc2s1. The number of ether oxygens (including phenoxy) is 3. The molecule has 4 aromatic heterocycles. The maximum atomic E-state index is 13.0. The summed E-state index contributed by atoms with van der Waals surface area (Å²) in [6.07, 6.45) is 3.19. The molecule has 396 valence electrons. The van der Waals surface area contributed by atoms with E-state index >= 15 is 0 Å². The quantitative estimate of drug-likeness (QED) is 0.0525.